The number of β-amino-alcohol motifs (C(OH)–C–C–N with tert-alkyl or cyclic N) is 2. The normalized spacial score (nSPS) is 24.1. The van der Waals surface area contributed by atoms with Crippen LogP contribution in [-0.4, -0.2) is 63.1 Å². The Kier molecular flexibility index (Phi) is 4.53. The summed E-state index contributed by atoms with van der Waals surface area (Å²) in [6.45, 7) is 3.39. The molecule has 2 amide bonds. The van der Waals surface area contributed by atoms with Crippen molar-refractivity contribution in [2.75, 3.05) is 13.1 Å². The zero-order valence-corrected chi connectivity index (χ0v) is 10.6. The van der Waals surface area contributed by atoms with Crippen molar-refractivity contribution in [3.8, 4) is 0 Å². The van der Waals surface area contributed by atoms with Crippen molar-refractivity contribution in [3.05, 3.63) is 0 Å². The number of nitrogens with one attached hydrogen (secondary N) is 1. The van der Waals surface area contributed by atoms with E-state index >= 15 is 0 Å². The Morgan fingerprint density at radius 1 is 1.22 bits per heavy atom. The molecule has 1 aliphatic rings. The number of aliphatic hydroxyl groups is 2. The molecule has 1 aliphatic heterocycles. The molecule has 0 aromatic carbocycles. The van der Waals surface area contributed by atoms with Crippen molar-refractivity contribution in [2.24, 2.45) is 0 Å². The number of carbonyl (C=O) groups is 2. The summed E-state index contributed by atoms with van der Waals surface area (Å²) in [5.74, 6) is -1.08. The number of aliphatic carboxylic acids is 1. The van der Waals surface area contributed by atoms with Crippen LogP contribution in [0.4, 0.5) is 4.79 Å². The number of carboxylic acids is 1. The van der Waals surface area contributed by atoms with E-state index < -0.39 is 29.7 Å². The molecule has 18 heavy (non-hydrogen) atoms. The van der Waals surface area contributed by atoms with Crippen LogP contribution in [0.15, 0.2) is 0 Å². The third kappa shape index (κ3) is 2.73. The second-order valence-electron chi connectivity index (χ2n) is 4.56. The number of aliphatic hydroxyl groups excluding tert-OH is 2. The number of hydrogen-bond acceptors (Lipinski definition) is 4. The maximum atomic E-state index is 11.9. The Morgan fingerprint density at radius 2 is 1.67 bits per heavy atom. The van der Waals surface area contributed by atoms with Gasteiger partial charge in [-0.15, -0.1) is 0 Å². The number of carboxylic acid groups (broad SMARTS) is 1. The number of carbonyl (C=O) groups excluding carboxylic acids is 1. The Bertz CT molecular complexity index is 319. The van der Waals surface area contributed by atoms with Crippen molar-refractivity contribution >= 4 is 12.0 Å². The molecule has 1 rings (SSSR count). The lowest BCUT2D eigenvalue weighted by Gasteiger charge is -2.30. The summed E-state index contributed by atoms with van der Waals surface area (Å²) >= 11 is 0. The highest BCUT2D eigenvalue weighted by Crippen LogP contribution is 2.17. The summed E-state index contributed by atoms with van der Waals surface area (Å²) in [5.41, 5.74) is -1.30. The molecule has 2 atom stereocenters. The topological polar surface area (TPSA) is 110 Å². The highest BCUT2D eigenvalue weighted by atomic mass is 16.4. The molecule has 0 radical (unpaired) electrons. The average molecular weight is 260 g/mol. The summed E-state index contributed by atoms with van der Waals surface area (Å²) in [7, 11) is 0. The van der Waals surface area contributed by atoms with Gasteiger partial charge in [-0.2, -0.15) is 0 Å². The zero-order valence-electron chi connectivity index (χ0n) is 10.6. The quantitative estimate of drug-likeness (QED) is 0.538. The molecule has 0 bridgehead atoms. The summed E-state index contributed by atoms with van der Waals surface area (Å²) in [6, 6.07) is -0.572. The van der Waals surface area contributed by atoms with Gasteiger partial charge in [-0.3, -0.25) is 0 Å². The van der Waals surface area contributed by atoms with Crippen LogP contribution in [0.25, 0.3) is 0 Å². The van der Waals surface area contributed by atoms with Gasteiger partial charge in [-0.25, -0.2) is 9.59 Å². The van der Waals surface area contributed by atoms with E-state index in [4.69, 9.17) is 0 Å². The van der Waals surface area contributed by atoms with Gasteiger partial charge in [0.25, 0.3) is 0 Å². The first-order chi connectivity index (χ1) is 8.36. The van der Waals surface area contributed by atoms with Gasteiger partial charge in [0.1, 0.15) is 5.54 Å². The Balaban J connectivity index is 2.71. The van der Waals surface area contributed by atoms with E-state index in [0.29, 0.717) is 0 Å². The van der Waals surface area contributed by atoms with E-state index in [-0.39, 0.29) is 25.9 Å². The fourth-order valence-electron chi connectivity index (χ4n) is 2.00. The fraction of sp³-hybridized carbons (Fsp3) is 0.818. The molecule has 7 heteroatoms. The predicted octanol–water partition coefficient (Wildman–Crippen LogP) is -0.623. The molecule has 0 aromatic heterocycles. The smallest absolute Gasteiger partial charge is 0.329 e. The first-order valence-corrected chi connectivity index (χ1v) is 6.03. The van der Waals surface area contributed by atoms with Crippen molar-refractivity contribution in [1.29, 1.82) is 0 Å². The van der Waals surface area contributed by atoms with Crippen LogP contribution < -0.4 is 5.32 Å². The van der Waals surface area contributed by atoms with Crippen LogP contribution in [-0.2, 0) is 4.79 Å². The highest BCUT2D eigenvalue weighted by molar-refractivity contribution is 5.86. The van der Waals surface area contributed by atoms with Crippen LogP contribution in [0, 0.1) is 0 Å². The Labute approximate surface area is 105 Å². The maximum Gasteiger partial charge on any atom is 0.329 e. The van der Waals surface area contributed by atoms with Gasteiger partial charge in [-0.1, -0.05) is 13.8 Å². The summed E-state index contributed by atoms with van der Waals surface area (Å²) in [5, 5.41) is 30.4. The molecule has 4 N–H and O–H groups in total. The Morgan fingerprint density at radius 3 is 2.00 bits per heavy atom. The van der Waals surface area contributed by atoms with E-state index in [1.165, 1.54) is 4.90 Å². The lowest BCUT2D eigenvalue weighted by atomic mass is 9.93. The minimum atomic E-state index is -1.30. The largest absolute Gasteiger partial charge is 0.480 e. The van der Waals surface area contributed by atoms with Gasteiger partial charge in [0.05, 0.1) is 25.3 Å². The van der Waals surface area contributed by atoms with Gasteiger partial charge in [0.2, 0.25) is 0 Å². The lowest BCUT2D eigenvalue weighted by Crippen LogP contribution is -2.57. The SMILES string of the molecule is CCC(CC)(NC(=O)N1CC(O)C(O)C1)C(=O)O. The molecule has 1 saturated heterocycles. The third-order valence-electron chi connectivity index (χ3n) is 3.51. The number of amides is 2. The van der Waals surface area contributed by atoms with E-state index in [9.17, 15) is 24.9 Å². The minimum absolute atomic E-state index is 0.0100. The molecule has 7 nitrogen and oxygen atoms in total. The van der Waals surface area contributed by atoms with Crippen molar-refractivity contribution in [3.63, 3.8) is 0 Å². The lowest BCUT2D eigenvalue weighted by molar-refractivity contribution is -0.144. The molecule has 2 unspecified atom stereocenters. The molecule has 1 heterocycles. The third-order valence-corrected chi connectivity index (χ3v) is 3.51. The molecule has 104 valence electrons. The van der Waals surface area contributed by atoms with Gasteiger partial charge in [0, 0.05) is 0 Å². The second kappa shape index (κ2) is 5.53. The fourth-order valence-corrected chi connectivity index (χ4v) is 2.00. The first-order valence-electron chi connectivity index (χ1n) is 6.03. The minimum Gasteiger partial charge on any atom is -0.480 e. The zero-order chi connectivity index (χ0) is 13.9. The average Bonchev–Trinajstić information content (AvgIpc) is 2.66. The van der Waals surface area contributed by atoms with E-state index in [0.717, 1.165) is 0 Å². The Hall–Kier alpha value is -1.34. The van der Waals surface area contributed by atoms with Crippen LogP contribution in [0.3, 0.4) is 0 Å². The first kappa shape index (κ1) is 14.7. The maximum absolute atomic E-state index is 11.9. The monoisotopic (exact) mass is 260 g/mol. The predicted molar refractivity (Wildman–Crippen MR) is 63.1 cm³/mol. The van der Waals surface area contributed by atoms with Gasteiger partial charge in [0.15, 0.2) is 0 Å². The van der Waals surface area contributed by atoms with Crippen LogP contribution in [0.2, 0.25) is 0 Å². The molecule has 1 fully saturated rings. The second-order valence-corrected chi connectivity index (χ2v) is 4.56. The van der Waals surface area contributed by atoms with E-state index in [1.54, 1.807) is 13.8 Å². The van der Waals surface area contributed by atoms with Gasteiger partial charge in [-0.05, 0) is 12.8 Å². The van der Waals surface area contributed by atoms with E-state index in [2.05, 4.69) is 5.32 Å². The van der Waals surface area contributed by atoms with E-state index in [1.807, 2.05) is 0 Å². The molecule has 0 saturated carbocycles. The summed E-state index contributed by atoms with van der Waals surface area (Å²) in [4.78, 5) is 24.4. The van der Waals surface area contributed by atoms with Crippen molar-refractivity contribution in [2.45, 2.75) is 44.4 Å². The van der Waals surface area contributed by atoms with Gasteiger partial charge < -0.3 is 25.5 Å². The molecule has 0 aromatic rings. The molecule has 0 aliphatic carbocycles. The molecule has 0 spiro atoms. The van der Waals surface area contributed by atoms with Crippen LogP contribution in [0.5, 0.6) is 0 Å². The number of rotatable bonds is 4. The highest BCUT2D eigenvalue weighted by Gasteiger charge is 2.40. The van der Waals surface area contributed by atoms with Crippen molar-refractivity contribution in [1.82, 2.24) is 10.2 Å². The number of hydrogen-bond donors (Lipinski definition) is 4. The molecular weight excluding hydrogens is 240 g/mol. The van der Waals surface area contributed by atoms with Crippen LogP contribution in [0.1, 0.15) is 26.7 Å². The number of nitrogens with zero attached hydrogens (tertiary/aromatic N) is 1. The summed E-state index contributed by atoms with van der Waals surface area (Å²) < 4.78 is 0. The number of likely N-dealkylation sites (tertiary alicyclic amines) is 1. The molecular formula is C11H20N2O5. The standard InChI is InChI=1S/C11H20N2O5/c1-3-11(4-2,9(16)17)12-10(18)13-5-7(14)8(15)6-13/h7-8,14-15H,3-6H2,1-2H3,(H,12,18)(H,16,17). The van der Waals surface area contributed by atoms with Gasteiger partial charge >= 0.3 is 12.0 Å². The van der Waals surface area contributed by atoms with Crippen molar-refractivity contribution < 1.29 is 24.9 Å². The number of urea groups is 1. The van der Waals surface area contributed by atoms with Crippen LogP contribution >= 0.6 is 0 Å². The summed E-state index contributed by atoms with van der Waals surface area (Å²) in [6.07, 6.45) is -1.41.